The molecular formula is C20H19ClN2O3. The minimum atomic E-state index is 0.142. The molecule has 1 aromatic heterocycles. The Hall–Kier alpha value is -2.50. The summed E-state index contributed by atoms with van der Waals surface area (Å²) >= 11 is 6.09. The van der Waals surface area contributed by atoms with Crippen LogP contribution in [0.4, 0.5) is 5.69 Å². The average molecular weight is 371 g/mol. The summed E-state index contributed by atoms with van der Waals surface area (Å²) in [6.07, 6.45) is 2.12. The normalized spacial score (nSPS) is 15.7. The molecule has 0 radical (unpaired) electrons. The summed E-state index contributed by atoms with van der Waals surface area (Å²) < 4.78 is 15.4. The van der Waals surface area contributed by atoms with E-state index in [4.69, 9.17) is 25.6 Å². The Morgan fingerprint density at radius 2 is 2.04 bits per heavy atom. The molecule has 6 heteroatoms. The van der Waals surface area contributed by atoms with Crippen molar-refractivity contribution in [3.63, 3.8) is 0 Å². The number of ether oxygens (including phenoxy) is 2. The van der Waals surface area contributed by atoms with Crippen LogP contribution in [0.3, 0.4) is 0 Å². The zero-order chi connectivity index (χ0) is 17.9. The zero-order valence-electron chi connectivity index (χ0n) is 14.4. The first-order valence-corrected chi connectivity index (χ1v) is 8.84. The van der Waals surface area contributed by atoms with E-state index in [0.29, 0.717) is 17.7 Å². The van der Waals surface area contributed by atoms with Gasteiger partial charge in [-0.1, -0.05) is 17.7 Å². The molecule has 2 aromatic carbocycles. The number of nitrogens with zero attached hydrogens (tertiary/aromatic N) is 1. The first-order chi connectivity index (χ1) is 12.7. The van der Waals surface area contributed by atoms with Crippen molar-refractivity contribution < 1.29 is 14.0 Å². The molecule has 3 aromatic rings. The molecule has 1 heterocycles. The maximum atomic E-state index is 6.09. The molecule has 1 aliphatic carbocycles. The van der Waals surface area contributed by atoms with Crippen molar-refractivity contribution in [3.8, 4) is 17.2 Å². The Bertz CT molecular complexity index is 892. The number of aryl methyl sites for hydroxylation is 1. The van der Waals surface area contributed by atoms with Gasteiger partial charge in [0.25, 0.3) is 5.88 Å². The molecule has 134 valence electrons. The van der Waals surface area contributed by atoms with Crippen LogP contribution in [0.15, 0.2) is 53.1 Å². The molecule has 1 N–H and O–H groups in total. The number of nitrogens with one attached hydrogen (secondary N) is 1. The maximum absolute atomic E-state index is 6.09. The van der Waals surface area contributed by atoms with Gasteiger partial charge in [-0.15, -0.1) is 0 Å². The minimum absolute atomic E-state index is 0.142. The second kappa shape index (κ2) is 7.40. The highest BCUT2D eigenvalue weighted by atomic mass is 35.5. The van der Waals surface area contributed by atoms with Crippen LogP contribution >= 0.6 is 11.6 Å². The lowest BCUT2D eigenvalue weighted by Gasteiger charge is -2.16. The Balaban J connectivity index is 1.45. The number of anilines is 1. The van der Waals surface area contributed by atoms with Crippen molar-refractivity contribution in [1.82, 2.24) is 5.16 Å². The summed E-state index contributed by atoms with van der Waals surface area (Å²) in [4.78, 5) is 0. The third kappa shape index (κ3) is 3.54. The number of hydrogen-bond donors (Lipinski definition) is 1. The van der Waals surface area contributed by atoms with Gasteiger partial charge in [-0.2, -0.15) is 0 Å². The molecule has 1 atom stereocenters. The molecule has 0 spiro atoms. The molecule has 4 rings (SSSR count). The number of rotatable bonds is 6. The Morgan fingerprint density at radius 1 is 1.19 bits per heavy atom. The van der Waals surface area contributed by atoms with E-state index in [9.17, 15) is 0 Å². The van der Waals surface area contributed by atoms with Gasteiger partial charge in [0.1, 0.15) is 0 Å². The molecule has 0 saturated carbocycles. The van der Waals surface area contributed by atoms with Crippen LogP contribution in [0.5, 0.6) is 5.88 Å². The number of halogens is 1. The molecule has 1 aliphatic rings. The third-order valence-corrected chi connectivity index (χ3v) is 4.74. The number of fused-ring (bicyclic) bond motifs is 1. The average Bonchev–Trinajstić information content (AvgIpc) is 3.28. The lowest BCUT2D eigenvalue weighted by atomic mass is 10.1. The predicted molar refractivity (Wildman–Crippen MR) is 101 cm³/mol. The Labute approximate surface area is 156 Å². The van der Waals surface area contributed by atoms with Crippen molar-refractivity contribution in [1.29, 1.82) is 0 Å². The number of hydrogen-bond acceptors (Lipinski definition) is 5. The maximum Gasteiger partial charge on any atom is 0.256 e. The van der Waals surface area contributed by atoms with E-state index in [2.05, 4.69) is 22.6 Å². The van der Waals surface area contributed by atoms with Crippen LogP contribution < -0.4 is 10.1 Å². The van der Waals surface area contributed by atoms with Gasteiger partial charge in [-0.3, -0.25) is 0 Å². The van der Waals surface area contributed by atoms with E-state index in [-0.39, 0.29) is 6.79 Å². The molecular weight excluding hydrogens is 352 g/mol. The van der Waals surface area contributed by atoms with Crippen LogP contribution in [0, 0.1) is 0 Å². The molecule has 1 unspecified atom stereocenters. The second-order valence-electron chi connectivity index (χ2n) is 6.24. The van der Waals surface area contributed by atoms with E-state index in [1.54, 1.807) is 13.2 Å². The van der Waals surface area contributed by atoms with Crippen LogP contribution in [-0.2, 0) is 11.2 Å². The molecule has 0 amide bonds. The summed E-state index contributed by atoms with van der Waals surface area (Å²) in [5.41, 5.74) is 4.66. The fourth-order valence-electron chi connectivity index (χ4n) is 3.25. The lowest BCUT2D eigenvalue weighted by molar-refractivity contribution is 0.0453. The van der Waals surface area contributed by atoms with Crippen LogP contribution in [0.1, 0.15) is 23.6 Å². The largest absolute Gasteiger partial charge is 0.448 e. The molecule has 0 aliphatic heterocycles. The summed E-state index contributed by atoms with van der Waals surface area (Å²) in [7, 11) is 1.56. The SMILES string of the molecule is COCOc1cc(-c2ccc(NC3CCc4cc(Cl)ccc43)cc2)on1. The summed E-state index contributed by atoms with van der Waals surface area (Å²) in [6.45, 7) is 0.142. The Kier molecular flexibility index (Phi) is 4.82. The smallest absolute Gasteiger partial charge is 0.256 e. The zero-order valence-corrected chi connectivity index (χ0v) is 15.1. The van der Waals surface area contributed by atoms with Gasteiger partial charge in [0.15, 0.2) is 12.6 Å². The highest BCUT2D eigenvalue weighted by Crippen LogP contribution is 2.35. The summed E-state index contributed by atoms with van der Waals surface area (Å²) in [5.74, 6) is 1.06. The molecule has 26 heavy (non-hydrogen) atoms. The fraction of sp³-hybridized carbons (Fsp3) is 0.250. The van der Waals surface area contributed by atoms with Crippen molar-refractivity contribution in [2.75, 3.05) is 19.2 Å². The van der Waals surface area contributed by atoms with Crippen LogP contribution in [0.25, 0.3) is 11.3 Å². The number of benzene rings is 2. The van der Waals surface area contributed by atoms with Gasteiger partial charge in [0.05, 0.1) is 6.04 Å². The number of methoxy groups -OCH3 is 1. The summed E-state index contributed by atoms with van der Waals surface area (Å²) in [5, 5.41) is 8.26. The molecule has 0 fully saturated rings. The summed E-state index contributed by atoms with van der Waals surface area (Å²) in [6, 6.07) is 16.3. The predicted octanol–water partition coefficient (Wildman–Crippen LogP) is 5.08. The van der Waals surface area contributed by atoms with Crippen LogP contribution in [0.2, 0.25) is 5.02 Å². The van der Waals surface area contributed by atoms with Gasteiger partial charge in [0, 0.05) is 29.4 Å². The van der Waals surface area contributed by atoms with Crippen molar-refractivity contribution in [2.24, 2.45) is 0 Å². The first-order valence-electron chi connectivity index (χ1n) is 8.46. The Morgan fingerprint density at radius 3 is 2.85 bits per heavy atom. The highest BCUT2D eigenvalue weighted by molar-refractivity contribution is 6.30. The van der Waals surface area contributed by atoms with Crippen LogP contribution in [-0.4, -0.2) is 19.1 Å². The second-order valence-corrected chi connectivity index (χ2v) is 6.67. The van der Waals surface area contributed by atoms with E-state index in [0.717, 1.165) is 29.1 Å². The molecule has 5 nitrogen and oxygen atoms in total. The standard InChI is InChI=1S/C20H19ClN2O3/c1-24-12-25-20-11-19(26-23-20)13-2-6-16(7-3-13)22-18-9-4-14-10-15(21)5-8-17(14)18/h2-3,5-8,10-11,18,22H,4,9,12H2,1H3. The fourth-order valence-corrected chi connectivity index (χ4v) is 3.45. The van der Waals surface area contributed by atoms with Gasteiger partial charge >= 0.3 is 0 Å². The first kappa shape index (κ1) is 16.9. The van der Waals surface area contributed by atoms with Gasteiger partial charge in [-0.25, -0.2) is 0 Å². The van der Waals surface area contributed by atoms with Crippen molar-refractivity contribution >= 4 is 17.3 Å². The van der Waals surface area contributed by atoms with E-state index >= 15 is 0 Å². The third-order valence-electron chi connectivity index (χ3n) is 4.51. The topological polar surface area (TPSA) is 56.5 Å². The molecule has 0 bridgehead atoms. The van der Waals surface area contributed by atoms with E-state index in [1.807, 2.05) is 30.3 Å². The lowest BCUT2D eigenvalue weighted by Crippen LogP contribution is -2.06. The van der Waals surface area contributed by atoms with Gasteiger partial charge < -0.3 is 19.3 Å². The van der Waals surface area contributed by atoms with E-state index < -0.39 is 0 Å². The van der Waals surface area contributed by atoms with Gasteiger partial charge in [0.2, 0.25) is 0 Å². The minimum Gasteiger partial charge on any atom is -0.448 e. The molecule has 0 saturated heterocycles. The monoisotopic (exact) mass is 370 g/mol. The van der Waals surface area contributed by atoms with Crippen molar-refractivity contribution in [3.05, 3.63) is 64.7 Å². The van der Waals surface area contributed by atoms with Gasteiger partial charge in [-0.05, 0) is 65.5 Å². The van der Waals surface area contributed by atoms with E-state index in [1.165, 1.54) is 11.1 Å². The quantitative estimate of drug-likeness (QED) is 0.613. The highest BCUT2D eigenvalue weighted by Gasteiger charge is 2.22. The number of aromatic nitrogens is 1. The van der Waals surface area contributed by atoms with Crippen molar-refractivity contribution in [2.45, 2.75) is 18.9 Å².